The molecule has 0 bridgehead atoms. The maximum Gasteiger partial charge on any atom is 0.490 e. The summed E-state index contributed by atoms with van der Waals surface area (Å²) >= 11 is 1.70. The Morgan fingerprint density at radius 3 is 2.55 bits per heavy atom. The second kappa shape index (κ2) is 6.51. The van der Waals surface area contributed by atoms with Crippen LogP contribution in [0.5, 0.6) is 0 Å². The smallest absolute Gasteiger partial charge is 0.475 e. The van der Waals surface area contributed by atoms with E-state index < -0.39 is 12.1 Å². The van der Waals surface area contributed by atoms with Gasteiger partial charge in [0.1, 0.15) is 5.52 Å². The Bertz CT molecular complexity index is 598. The average Bonchev–Trinajstić information content (AvgIpc) is 2.73. The van der Waals surface area contributed by atoms with E-state index in [1.54, 1.807) is 17.5 Å². The van der Waals surface area contributed by atoms with Gasteiger partial charge in [0, 0.05) is 6.20 Å². The number of thiazole rings is 1. The largest absolute Gasteiger partial charge is 0.490 e. The van der Waals surface area contributed by atoms with E-state index in [2.05, 4.69) is 16.9 Å². The summed E-state index contributed by atoms with van der Waals surface area (Å²) in [4.78, 5) is 17.3. The van der Waals surface area contributed by atoms with Crippen LogP contribution < -0.4 is 5.73 Å². The highest BCUT2D eigenvalue weighted by molar-refractivity contribution is 7.18. The number of fused-ring (bicyclic) bond motifs is 1. The number of anilines is 1. The molecule has 0 spiro atoms. The van der Waals surface area contributed by atoms with Crippen LogP contribution in [0.15, 0.2) is 12.3 Å². The van der Waals surface area contributed by atoms with Crippen LogP contribution in [0.4, 0.5) is 19.0 Å². The van der Waals surface area contributed by atoms with Crippen molar-refractivity contribution in [3.8, 4) is 0 Å². The van der Waals surface area contributed by atoms with Crippen molar-refractivity contribution in [3.63, 3.8) is 0 Å². The first-order valence-electron chi connectivity index (χ1n) is 5.55. The summed E-state index contributed by atoms with van der Waals surface area (Å²) in [6.07, 6.45) is -1.21. The molecule has 2 rings (SSSR count). The third kappa shape index (κ3) is 4.34. The molecule has 0 fully saturated rings. The fourth-order valence-corrected chi connectivity index (χ4v) is 2.31. The van der Waals surface area contributed by atoms with Crippen molar-refractivity contribution in [2.24, 2.45) is 0 Å². The maximum atomic E-state index is 10.6. The minimum Gasteiger partial charge on any atom is -0.475 e. The van der Waals surface area contributed by atoms with E-state index >= 15 is 0 Å². The Morgan fingerprint density at radius 2 is 2.10 bits per heavy atom. The molecule has 2 aromatic heterocycles. The zero-order valence-corrected chi connectivity index (χ0v) is 11.3. The summed E-state index contributed by atoms with van der Waals surface area (Å²) in [5, 5.41) is 8.28. The van der Waals surface area contributed by atoms with Gasteiger partial charge in [-0.25, -0.2) is 14.8 Å². The summed E-state index contributed by atoms with van der Waals surface area (Å²) in [6, 6.07) is 1.96. The number of alkyl halides is 3. The molecule has 0 radical (unpaired) electrons. The summed E-state index contributed by atoms with van der Waals surface area (Å²) in [5.41, 5.74) is 6.56. The molecule has 0 unspecified atom stereocenters. The van der Waals surface area contributed by atoms with Crippen LogP contribution in [-0.2, 0) is 11.2 Å². The zero-order valence-electron chi connectivity index (χ0n) is 10.4. The van der Waals surface area contributed by atoms with E-state index in [1.807, 2.05) is 6.07 Å². The number of carboxylic acids is 1. The lowest BCUT2D eigenvalue weighted by Crippen LogP contribution is -2.21. The summed E-state index contributed by atoms with van der Waals surface area (Å²) in [6.45, 7) is 2.15. The van der Waals surface area contributed by atoms with Crippen LogP contribution in [-0.4, -0.2) is 27.2 Å². The molecule has 2 aromatic rings. The Kier molecular flexibility index (Phi) is 5.26. The van der Waals surface area contributed by atoms with E-state index in [0.717, 1.165) is 28.1 Å². The Hall–Kier alpha value is -1.90. The molecule has 20 heavy (non-hydrogen) atoms. The van der Waals surface area contributed by atoms with E-state index in [1.165, 1.54) is 0 Å². The van der Waals surface area contributed by atoms with Crippen molar-refractivity contribution < 1.29 is 23.1 Å². The van der Waals surface area contributed by atoms with Gasteiger partial charge in [0.25, 0.3) is 0 Å². The quantitative estimate of drug-likeness (QED) is 0.890. The summed E-state index contributed by atoms with van der Waals surface area (Å²) in [7, 11) is 0. The van der Waals surface area contributed by atoms with Gasteiger partial charge in [-0.3, -0.25) is 0 Å². The number of nitrogens with two attached hydrogens (primary N) is 1. The minimum absolute atomic E-state index is 0.538. The van der Waals surface area contributed by atoms with E-state index in [0.29, 0.717) is 5.82 Å². The molecule has 0 atom stereocenters. The van der Waals surface area contributed by atoms with Crippen molar-refractivity contribution >= 4 is 33.3 Å². The van der Waals surface area contributed by atoms with Gasteiger partial charge in [0.05, 0.1) is 9.71 Å². The Labute approximate surface area is 116 Å². The monoisotopic (exact) mass is 307 g/mol. The minimum atomic E-state index is -5.08. The van der Waals surface area contributed by atoms with Gasteiger partial charge in [-0.15, -0.1) is 11.3 Å². The predicted molar refractivity (Wildman–Crippen MR) is 69.5 cm³/mol. The summed E-state index contributed by atoms with van der Waals surface area (Å²) in [5.74, 6) is -2.22. The number of hydrogen-bond donors (Lipinski definition) is 2. The number of aromatic nitrogens is 2. The van der Waals surface area contributed by atoms with Crippen LogP contribution >= 0.6 is 11.3 Å². The fraction of sp³-hybridized carbons (Fsp3) is 0.364. The van der Waals surface area contributed by atoms with Crippen LogP contribution in [0.2, 0.25) is 0 Å². The van der Waals surface area contributed by atoms with Crippen molar-refractivity contribution in [2.45, 2.75) is 25.9 Å². The Morgan fingerprint density at radius 1 is 1.50 bits per heavy atom. The number of hydrogen-bond acceptors (Lipinski definition) is 5. The molecule has 0 saturated carbocycles. The number of nitrogen functional groups attached to an aromatic ring is 1. The number of rotatable bonds is 2. The molecule has 2 heterocycles. The van der Waals surface area contributed by atoms with Gasteiger partial charge in [0.2, 0.25) is 0 Å². The second-order valence-corrected chi connectivity index (χ2v) is 4.82. The van der Waals surface area contributed by atoms with E-state index in [4.69, 9.17) is 15.6 Å². The maximum absolute atomic E-state index is 10.6. The first kappa shape index (κ1) is 16.2. The summed E-state index contributed by atoms with van der Waals surface area (Å²) < 4.78 is 32.9. The van der Waals surface area contributed by atoms with Gasteiger partial charge in [-0.05, 0) is 18.9 Å². The molecule has 0 aliphatic heterocycles. The van der Waals surface area contributed by atoms with Crippen LogP contribution in [0.3, 0.4) is 0 Å². The topological polar surface area (TPSA) is 89.1 Å². The van der Waals surface area contributed by atoms with Gasteiger partial charge >= 0.3 is 12.1 Å². The lowest BCUT2D eigenvalue weighted by Gasteiger charge is -1.93. The molecular weight excluding hydrogens is 295 g/mol. The first-order valence-corrected chi connectivity index (χ1v) is 6.37. The molecule has 0 saturated heterocycles. The van der Waals surface area contributed by atoms with Crippen molar-refractivity contribution in [2.75, 3.05) is 5.73 Å². The lowest BCUT2D eigenvalue weighted by atomic mass is 10.3. The zero-order chi connectivity index (χ0) is 15.3. The SMILES string of the molecule is CCCc1nc2c(N)nccc2s1.O=C(O)C(F)(F)F. The molecule has 0 amide bonds. The third-order valence-electron chi connectivity index (χ3n) is 2.09. The number of halogens is 3. The van der Waals surface area contributed by atoms with Gasteiger partial charge in [0.15, 0.2) is 5.82 Å². The van der Waals surface area contributed by atoms with Crippen molar-refractivity contribution in [1.29, 1.82) is 0 Å². The number of carboxylic acid groups (broad SMARTS) is 1. The van der Waals surface area contributed by atoms with E-state index in [-0.39, 0.29) is 0 Å². The van der Waals surface area contributed by atoms with E-state index in [9.17, 15) is 13.2 Å². The van der Waals surface area contributed by atoms with Gasteiger partial charge in [-0.1, -0.05) is 6.92 Å². The average molecular weight is 307 g/mol. The number of aryl methyl sites for hydroxylation is 1. The first-order chi connectivity index (χ1) is 9.25. The molecule has 3 N–H and O–H groups in total. The molecule has 110 valence electrons. The highest BCUT2D eigenvalue weighted by Gasteiger charge is 2.38. The Balaban J connectivity index is 0.000000246. The number of pyridine rings is 1. The molecule has 0 aliphatic rings. The van der Waals surface area contributed by atoms with Gasteiger partial charge < -0.3 is 10.8 Å². The number of aliphatic carboxylic acids is 1. The highest BCUT2D eigenvalue weighted by atomic mass is 32.1. The van der Waals surface area contributed by atoms with Gasteiger partial charge in [-0.2, -0.15) is 13.2 Å². The molecule has 9 heteroatoms. The van der Waals surface area contributed by atoms with Crippen molar-refractivity contribution in [3.05, 3.63) is 17.3 Å². The lowest BCUT2D eigenvalue weighted by molar-refractivity contribution is -0.192. The third-order valence-corrected chi connectivity index (χ3v) is 3.17. The molecule has 0 aromatic carbocycles. The predicted octanol–water partition coefficient (Wildman–Crippen LogP) is 2.86. The fourth-order valence-electron chi connectivity index (χ4n) is 1.24. The number of carbonyl (C=O) groups is 1. The van der Waals surface area contributed by atoms with Crippen LogP contribution in [0.25, 0.3) is 10.2 Å². The second-order valence-electron chi connectivity index (χ2n) is 3.70. The molecule has 5 nitrogen and oxygen atoms in total. The normalized spacial score (nSPS) is 11.0. The standard InChI is InChI=1S/C9H11N3S.C2HF3O2/c1-2-3-7-12-8-6(13-7)4-5-11-9(8)10;3-2(4,5)1(6)7/h4-5H,2-3H2,1H3,(H2,10,11);(H,6,7). The number of nitrogens with zero attached hydrogens (tertiary/aromatic N) is 2. The van der Waals surface area contributed by atoms with Crippen LogP contribution in [0.1, 0.15) is 18.4 Å². The molecule has 0 aliphatic carbocycles. The highest BCUT2D eigenvalue weighted by Crippen LogP contribution is 2.25. The molecular formula is C11H12F3N3O2S. The van der Waals surface area contributed by atoms with Crippen molar-refractivity contribution in [1.82, 2.24) is 9.97 Å². The van der Waals surface area contributed by atoms with Crippen LogP contribution in [0, 0.1) is 0 Å².